The zero-order chi connectivity index (χ0) is 32.0. The van der Waals surface area contributed by atoms with Crippen LogP contribution < -0.4 is 5.32 Å². The Morgan fingerprint density at radius 3 is 2.25 bits per heavy atom. The second kappa shape index (κ2) is 12.1. The zero-order valence-corrected chi connectivity index (χ0v) is 26.0. The van der Waals surface area contributed by atoms with Crippen LogP contribution in [0.25, 0.3) is 11.1 Å². The van der Waals surface area contributed by atoms with E-state index in [1.165, 1.54) is 33.4 Å². The highest BCUT2D eigenvalue weighted by molar-refractivity contribution is 5.77. The maximum absolute atomic E-state index is 13.7. The van der Waals surface area contributed by atoms with Gasteiger partial charge in [0.05, 0.1) is 11.1 Å². The molecule has 2 aromatic carbocycles. The van der Waals surface area contributed by atoms with E-state index in [2.05, 4.69) is 61.8 Å². The second-order valence-corrected chi connectivity index (χ2v) is 13.4. The first kappa shape index (κ1) is 32.4. The number of rotatable bonds is 6. The van der Waals surface area contributed by atoms with Crippen molar-refractivity contribution in [1.29, 1.82) is 0 Å². The van der Waals surface area contributed by atoms with Crippen molar-refractivity contribution in [3.05, 3.63) is 93.7 Å². The summed E-state index contributed by atoms with van der Waals surface area (Å²) in [6, 6.07) is 8.43. The van der Waals surface area contributed by atoms with Gasteiger partial charge in [-0.05, 0) is 121 Å². The summed E-state index contributed by atoms with van der Waals surface area (Å²) in [7, 11) is 0. The summed E-state index contributed by atoms with van der Waals surface area (Å²) >= 11 is 0. The third-order valence-electron chi connectivity index (χ3n) is 9.76. The van der Waals surface area contributed by atoms with Crippen LogP contribution in [-0.2, 0) is 18.8 Å². The molecule has 44 heavy (non-hydrogen) atoms. The van der Waals surface area contributed by atoms with Crippen LogP contribution in [0.15, 0.2) is 60.3 Å². The molecule has 2 aromatic rings. The Morgan fingerprint density at radius 2 is 1.66 bits per heavy atom. The fourth-order valence-corrected chi connectivity index (χ4v) is 7.24. The van der Waals surface area contributed by atoms with Gasteiger partial charge in [0.2, 0.25) is 0 Å². The molecule has 1 fully saturated rings. The van der Waals surface area contributed by atoms with E-state index in [9.17, 15) is 26.3 Å². The smallest absolute Gasteiger partial charge is 0.368 e. The largest absolute Gasteiger partial charge is 0.416 e. The molecule has 5 rings (SSSR count). The molecule has 0 radical (unpaired) electrons. The Labute approximate surface area is 256 Å². The maximum Gasteiger partial charge on any atom is 0.416 e. The van der Waals surface area contributed by atoms with Crippen molar-refractivity contribution in [3.63, 3.8) is 0 Å². The Hall–Kier alpha value is -3.00. The minimum absolute atomic E-state index is 0.0534. The highest BCUT2D eigenvalue weighted by Gasteiger charge is 2.41. The van der Waals surface area contributed by atoms with E-state index in [4.69, 9.17) is 0 Å². The van der Waals surface area contributed by atoms with E-state index < -0.39 is 29.4 Å². The summed E-state index contributed by atoms with van der Waals surface area (Å²) < 4.78 is 82.0. The van der Waals surface area contributed by atoms with Gasteiger partial charge in [-0.1, -0.05) is 45.6 Å². The summed E-state index contributed by atoms with van der Waals surface area (Å²) in [6.45, 7) is 15.2. The molecule has 0 spiro atoms. The lowest BCUT2D eigenvalue weighted by atomic mass is 9.72. The SMILES string of the molecule is C=C1CC(c2cc(C(F)(F)F)cc(C(F)(F)F)c2)C(C)N1CC1=C(c2cc(C3=CCNCC3)ccc2CC)CCC(C)(C)C1. The lowest BCUT2D eigenvalue weighted by Crippen LogP contribution is -2.33. The fourth-order valence-electron chi connectivity index (χ4n) is 7.24. The number of halogens is 6. The van der Waals surface area contributed by atoms with Crippen LogP contribution >= 0.6 is 0 Å². The fraction of sp³-hybridized carbons (Fsp3) is 0.500. The third-order valence-corrected chi connectivity index (χ3v) is 9.76. The molecule has 0 aromatic heterocycles. The maximum atomic E-state index is 13.7. The Kier molecular flexibility index (Phi) is 8.89. The van der Waals surface area contributed by atoms with Gasteiger partial charge < -0.3 is 10.2 Å². The van der Waals surface area contributed by atoms with E-state index >= 15 is 0 Å². The topological polar surface area (TPSA) is 15.3 Å². The summed E-state index contributed by atoms with van der Waals surface area (Å²) in [6.07, 6.45) is -2.51. The molecule has 238 valence electrons. The first-order valence-electron chi connectivity index (χ1n) is 15.6. The normalized spacial score (nSPS) is 22.9. The first-order valence-corrected chi connectivity index (χ1v) is 15.6. The number of likely N-dealkylation sites (tertiary alicyclic amines) is 1. The van der Waals surface area contributed by atoms with Crippen molar-refractivity contribution in [2.24, 2.45) is 5.41 Å². The van der Waals surface area contributed by atoms with E-state index in [0.29, 0.717) is 13.0 Å². The third kappa shape index (κ3) is 6.80. The Morgan fingerprint density at radius 1 is 0.977 bits per heavy atom. The zero-order valence-electron chi connectivity index (χ0n) is 26.0. The van der Waals surface area contributed by atoms with Gasteiger partial charge in [0.1, 0.15) is 0 Å². The molecule has 2 nitrogen and oxygen atoms in total. The molecule has 2 aliphatic heterocycles. The summed E-state index contributed by atoms with van der Waals surface area (Å²) in [5.74, 6) is -0.534. The van der Waals surface area contributed by atoms with Gasteiger partial charge in [-0.2, -0.15) is 26.3 Å². The minimum Gasteiger partial charge on any atom is -0.368 e. The molecule has 0 bridgehead atoms. The average molecular weight is 617 g/mol. The molecule has 2 unspecified atom stereocenters. The molecule has 2 atom stereocenters. The monoisotopic (exact) mass is 616 g/mol. The number of hydrogen-bond donors (Lipinski definition) is 1. The van der Waals surface area contributed by atoms with Gasteiger partial charge in [0.25, 0.3) is 0 Å². The van der Waals surface area contributed by atoms with Crippen LogP contribution in [0.5, 0.6) is 0 Å². The van der Waals surface area contributed by atoms with Crippen LogP contribution in [0, 0.1) is 5.41 Å². The number of nitrogens with zero attached hydrogens (tertiary/aromatic N) is 1. The van der Waals surface area contributed by atoms with Crippen LogP contribution in [0.2, 0.25) is 0 Å². The quantitative estimate of drug-likeness (QED) is 0.325. The molecule has 0 saturated carbocycles. The highest BCUT2D eigenvalue weighted by atomic mass is 19.4. The van der Waals surface area contributed by atoms with Gasteiger partial charge in [-0.3, -0.25) is 0 Å². The van der Waals surface area contributed by atoms with Crippen LogP contribution in [-0.4, -0.2) is 30.6 Å². The van der Waals surface area contributed by atoms with Crippen LogP contribution in [0.1, 0.15) is 99.1 Å². The average Bonchev–Trinajstić information content (AvgIpc) is 3.24. The highest BCUT2D eigenvalue weighted by Crippen LogP contribution is 2.47. The molecule has 8 heteroatoms. The molecule has 1 aliphatic carbocycles. The van der Waals surface area contributed by atoms with Gasteiger partial charge in [0.15, 0.2) is 0 Å². The molecule has 0 amide bonds. The molecule has 3 aliphatic rings. The molecule has 2 heterocycles. The van der Waals surface area contributed by atoms with Gasteiger partial charge >= 0.3 is 12.4 Å². The van der Waals surface area contributed by atoms with Crippen molar-refractivity contribution in [3.8, 4) is 0 Å². The van der Waals surface area contributed by atoms with E-state index in [0.717, 1.165) is 63.0 Å². The van der Waals surface area contributed by atoms with Crippen LogP contribution in [0.3, 0.4) is 0 Å². The molecule has 1 saturated heterocycles. The lowest BCUT2D eigenvalue weighted by Gasteiger charge is -2.37. The Bertz CT molecular complexity index is 1440. The summed E-state index contributed by atoms with van der Waals surface area (Å²) in [5, 5.41) is 3.37. The minimum atomic E-state index is -4.88. The lowest BCUT2D eigenvalue weighted by molar-refractivity contribution is -0.143. The van der Waals surface area contributed by atoms with Crippen molar-refractivity contribution in [2.75, 3.05) is 19.6 Å². The predicted octanol–water partition coefficient (Wildman–Crippen LogP) is 10.0. The first-order chi connectivity index (χ1) is 20.6. The number of alkyl halides is 6. The molecular formula is C36H42F6N2. The standard InChI is InChI=1S/C36H42F6N2/c1-6-24-7-8-26(25-10-13-43-14-11-25)18-33(24)31-9-12-34(4,5)20-28(31)21-44-22(2)15-32(23(44)3)27-16-29(35(37,38)39)19-30(17-27)36(40,41)42/h7-8,10,16-19,23,32,43H,2,6,9,11-15,20-21H2,1,3-5H3. The Balaban J connectivity index is 1.52. The summed E-state index contributed by atoms with van der Waals surface area (Å²) in [4.78, 5) is 2.11. The van der Waals surface area contributed by atoms with Crippen molar-refractivity contribution < 1.29 is 26.3 Å². The van der Waals surface area contributed by atoms with Gasteiger partial charge in [-0.15, -0.1) is 0 Å². The number of hydrogen-bond acceptors (Lipinski definition) is 2. The predicted molar refractivity (Wildman–Crippen MR) is 165 cm³/mol. The number of aryl methyl sites for hydroxylation is 1. The van der Waals surface area contributed by atoms with E-state index in [1.54, 1.807) is 0 Å². The number of benzene rings is 2. The molecular weight excluding hydrogens is 574 g/mol. The number of nitrogens with one attached hydrogen (secondary N) is 1. The van der Waals surface area contributed by atoms with Crippen LogP contribution in [0.4, 0.5) is 26.3 Å². The van der Waals surface area contributed by atoms with E-state index in [-0.39, 0.29) is 23.1 Å². The summed E-state index contributed by atoms with van der Waals surface area (Å²) in [5.41, 5.74) is 6.05. The number of allylic oxidation sites excluding steroid dienone is 2. The molecule has 1 N–H and O–H groups in total. The van der Waals surface area contributed by atoms with Crippen molar-refractivity contribution in [1.82, 2.24) is 10.2 Å². The van der Waals surface area contributed by atoms with Crippen molar-refractivity contribution in [2.45, 2.75) is 90.5 Å². The second-order valence-electron chi connectivity index (χ2n) is 13.4. The van der Waals surface area contributed by atoms with E-state index in [1.807, 2.05) is 6.92 Å². The van der Waals surface area contributed by atoms with Gasteiger partial charge in [0, 0.05) is 30.7 Å². The van der Waals surface area contributed by atoms with Gasteiger partial charge in [-0.25, -0.2) is 0 Å². The van der Waals surface area contributed by atoms with Crippen molar-refractivity contribution >= 4 is 11.1 Å².